The first kappa shape index (κ1) is 29.9. The molecule has 1 aliphatic carbocycles. The molecule has 0 atom stereocenters. The van der Waals surface area contributed by atoms with Gasteiger partial charge in [-0.1, -0.05) is 141 Å². The molecule has 242 valence electrons. The summed E-state index contributed by atoms with van der Waals surface area (Å²) in [6.07, 6.45) is 0. The van der Waals surface area contributed by atoms with Crippen molar-refractivity contribution < 1.29 is 0 Å². The van der Waals surface area contributed by atoms with Crippen molar-refractivity contribution >= 4 is 59.3 Å². The van der Waals surface area contributed by atoms with E-state index in [0.717, 1.165) is 17.1 Å². The number of thiophene rings is 1. The van der Waals surface area contributed by atoms with Gasteiger partial charge in [0, 0.05) is 42.6 Å². The van der Waals surface area contributed by atoms with Crippen LogP contribution >= 0.6 is 11.3 Å². The molecule has 0 bridgehead atoms. The molecule has 1 aromatic heterocycles. The maximum atomic E-state index is 2.42. The van der Waals surface area contributed by atoms with Gasteiger partial charge in [-0.15, -0.1) is 11.3 Å². The third-order valence-corrected chi connectivity index (χ3v) is 12.0. The van der Waals surface area contributed by atoms with Crippen molar-refractivity contribution in [3.8, 4) is 33.4 Å². The van der Waals surface area contributed by atoms with Gasteiger partial charge in [0.2, 0.25) is 0 Å². The molecule has 0 amide bonds. The molecule has 8 aromatic carbocycles. The van der Waals surface area contributed by atoms with Crippen molar-refractivity contribution in [2.45, 2.75) is 19.3 Å². The molecule has 10 rings (SSSR count). The van der Waals surface area contributed by atoms with E-state index in [4.69, 9.17) is 0 Å². The SMILES string of the molecule is CC1(C)c2ccccc2-c2ccc(N(c3ccc(-c4cccc5c4ccc4sc6ccccc6c45)cc3)c3cccc(-c4ccccc4)c3)cc21. The van der Waals surface area contributed by atoms with E-state index in [1.165, 1.54) is 75.5 Å². The van der Waals surface area contributed by atoms with Gasteiger partial charge in [-0.05, 0) is 104 Å². The Morgan fingerprint density at radius 2 is 1.06 bits per heavy atom. The summed E-state index contributed by atoms with van der Waals surface area (Å²) >= 11 is 1.88. The third-order valence-electron chi connectivity index (χ3n) is 10.9. The Morgan fingerprint density at radius 3 is 1.94 bits per heavy atom. The molecule has 1 aliphatic rings. The van der Waals surface area contributed by atoms with E-state index in [0.29, 0.717) is 0 Å². The second-order valence-corrected chi connectivity index (χ2v) is 15.2. The van der Waals surface area contributed by atoms with Gasteiger partial charge >= 0.3 is 0 Å². The summed E-state index contributed by atoms with van der Waals surface area (Å²) in [6, 6.07) is 64.8. The second-order valence-electron chi connectivity index (χ2n) is 14.1. The zero-order chi connectivity index (χ0) is 34.1. The van der Waals surface area contributed by atoms with E-state index in [9.17, 15) is 0 Å². The van der Waals surface area contributed by atoms with Crippen LogP contribution in [0.25, 0.3) is 64.3 Å². The molecule has 51 heavy (non-hydrogen) atoms. The first-order chi connectivity index (χ1) is 25.0. The molecule has 0 spiro atoms. The Morgan fingerprint density at radius 1 is 0.392 bits per heavy atom. The van der Waals surface area contributed by atoms with Gasteiger partial charge in [-0.3, -0.25) is 0 Å². The fraction of sp³-hybridized carbons (Fsp3) is 0.0612. The Hall–Kier alpha value is -5.96. The van der Waals surface area contributed by atoms with Crippen LogP contribution in [0.1, 0.15) is 25.0 Å². The lowest BCUT2D eigenvalue weighted by Crippen LogP contribution is -2.16. The minimum Gasteiger partial charge on any atom is -0.310 e. The van der Waals surface area contributed by atoms with Gasteiger partial charge in [0.25, 0.3) is 0 Å². The quantitative estimate of drug-likeness (QED) is 0.176. The minimum absolute atomic E-state index is 0.0864. The average Bonchev–Trinajstić information content (AvgIpc) is 3.68. The summed E-state index contributed by atoms with van der Waals surface area (Å²) in [7, 11) is 0. The summed E-state index contributed by atoms with van der Waals surface area (Å²) in [5.74, 6) is 0. The molecule has 1 nitrogen and oxygen atoms in total. The molecule has 0 N–H and O–H groups in total. The van der Waals surface area contributed by atoms with Crippen LogP contribution in [0.3, 0.4) is 0 Å². The molecule has 0 unspecified atom stereocenters. The first-order valence-electron chi connectivity index (χ1n) is 17.7. The van der Waals surface area contributed by atoms with Crippen molar-refractivity contribution in [3.63, 3.8) is 0 Å². The van der Waals surface area contributed by atoms with Crippen LogP contribution in [0, 0.1) is 0 Å². The lowest BCUT2D eigenvalue weighted by molar-refractivity contribution is 0.660. The summed E-state index contributed by atoms with van der Waals surface area (Å²) in [4.78, 5) is 2.42. The predicted octanol–water partition coefficient (Wildman–Crippen LogP) is 14.3. The minimum atomic E-state index is -0.0864. The van der Waals surface area contributed by atoms with E-state index in [1.807, 2.05) is 11.3 Å². The number of hydrogen-bond donors (Lipinski definition) is 0. The molecule has 0 radical (unpaired) electrons. The highest BCUT2D eigenvalue weighted by molar-refractivity contribution is 7.26. The molecular weight excluding hydrogens is 635 g/mol. The maximum Gasteiger partial charge on any atom is 0.0467 e. The first-order valence-corrected chi connectivity index (χ1v) is 18.5. The highest BCUT2D eigenvalue weighted by Gasteiger charge is 2.35. The second kappa shape index (κ2) is 11.6. The normalized spacial score (nSPS) is 13.1. The molecule has 2 heteroatoms. The average molecular weight is 670 g/mol. The van der Waals surface area contributed by atoms with Crippen LogP contribution in [0.5, 0.6) is 0 Å². The van der Waals surface area contributed by atoms with E-state index in [2.05, 4.69) is 195 Å². The number of hydrogen-bond acceptors (Lipinski definition) is 2. The van der Waals surface area contributed by atoms with Crippen LogP contribution in [0.15, 0.2) is 176 Å². The fourth-order valence-corrected chi connectivity index (χ4v) is 9.48. The van der Waals surface area contributed by atoms with Crippen molar-refractivity contribution in [2.24, 2.45) is 0 Å². The Kier molecular flexibility index (Phi) is 6.78. The standard InChI is InChI=1S/C49H35NS/c1-49(2)44-20-8-6-16-40(44)41-27-26-37(31-45(41)49)50(36-15-10-14-34(30-36)32-12-4-3-5-13-32)35-24-22-33(23-25-35)38-18-11-19-42-39(38)28-29-47-48(42)43-17-7-9-21-46(43)51-47/h3-31H,1-2H3. The smallest absolute Gasteiger partial charge is 0.0467 e. The number of fused-ring (bicyclic) bond motifs is 8. The van der Waals surface area contributed by atoms with Crippen LogP contribution in [-0.2, 0) is 5.41 Å². The maximum absolute atomic E-state index is 2.42. The van der Waals surface area contributed by atoms with E-state index in [1.54, 1.807) is 0 Å². The molecular formula is C49H35NS. The zero-order valence-electron chi connectivity index (χ0n) is 28.6. The van der Waals surface area contributed by atoms with Gasteiger partial charge in [0.15, 0.2) is 0 Å². The van der Waals surface area contributed by atoms with Crippen LogP contribution in [0.4, 0.5) is 17.1 Å². The topological polar surface area (TPSA) is 3.24 Å². The van der Waals surface area contributed by atoms with Crippen LogP contribution < -0.4 is 4.90 Å². The zero-order valence-corrected chi connectivity index (χ0v) is 29.4. The van der Waals surface area contributed by atoms with Gasteiger partial charge in [-0.2, -0.15) is 0 Å². The predicted molar refractivity (Wildman–Crippen MR) is 220 cm³/mol. The number of benzene rings is 8. The van der Waals surface area contributed by atoms with Gasteiger partial charge in [-0.25, -0.2) is 0 Å². The van der Waals surface area contributed by atoms with Crippen LogP contribution in [0.2, 0.25) is 0 Å². The molecule has 0 aliphatic heterocycles. The molecule has 1 heterocycles. The van der Waals surface area contributed by atoms with Gasteiger partial charge < -0.3 is 4.90 Å². The third kappa shape index (κ3) is 4.75. The summed E-state index contributed by atoms with van der Waals surface area (Å²) in [6.45, 7) is 4.71. The monoisotopic (exact) mass is 669 g/mol. The molecule has 9 aromatic rings. The lowest BCUT2D eigenvalue weighted by atomic mass is 9.82. The van der Waals surface area contributed by atoms with E-state index >= 15 is 0 Å². The molecule has 0 saturated carbocycles. The number of rotatable bonds is 5. The summed E-state index contributed by atoms with van der Waals surface area (Å²) in [5.41, 5.74) is 13.6. The Labute approximate surface area is 302 Å². The Bertz CT molecular complexity index is 2770. The highest BCUT2D eigenvalue weighted by Crippen LogP contribution is 2.51. The van der Waals surface area contributed by atoms with Crippen molar-refractivity contribution in [2.75, 3.05) is 4.90 Å². The highest BCUT2D eigenvalue weighted by atomic mass is 32.1. The summed E-state index contributed by atoms with van der Waals surface area (Å²) in [5, 5.41) is 5.30. The molecule has 0 saturated heterocycles. The summed E-state index contributed by atoms with van der Waals surface area (Å²) < 4.78 is 2.68. The van der Waals surface area contributed by atoms with Crippen molar-refractivity contribution in [1.82, 2.24) is 0 Å². The van der Waals surface area contributed by atoms with E-state index < -0.39 is 0 Å². The Balaban J connectivity index is 1.11. The van der Waals surface area contributed by atoms with Crippen LogP contribution in [-0.4, -0.2) is 0 Å². The number of nitrogens with zero attached hydrogens (tertiary/aromatic N) is 1. The number of anilines is 3. The molecule has 0 fully saturated rings. The van der Waals surface area contributed by atoms with Crippen molar-refractivity contribution in [1.29, 1.82) is 0 Å². The van der Waals surface area contributed by atoms with Gasteiger partial charge in [0.05, 0.1) is 0 Å². The van der Waals surface area contributed by atoms with E-state index in [-0.39, 0.29) is 5.41 Å². The van der Waals surface area contributed by atoms with Crippen molar-refractivity contribution in [3.05, 3.63) is 187 Å². The fourth-order valence-electron chi connectivity index (χ4n) is 8.36. The lowest BCUT2D eigenvalue weighted by Gasteiger charge is -2.28. The van der Waals surface area contributed by atoms with Gasteiger partial charge in [0.1, 0.15) is 0 Å². The largest absolute Gasteiger partial charge is 0.310 e.